The fraction of sp³-hybridized carbons (Fsp3) is 0.156. The molecule has 0 fully saturated rings. The summed E-state index contributed by atoms with van der Waals surface area (Å²) in [6, 6.07) is 24.7. The van der Waals surface area contributed by atoms with Gasteiger partial charge in [-0.3, -0.25) is 0 Å². The Kier molecular flexibility index (Phi) is 3.78. The lowest BCUT2D eigenvalue weighted by atomic mass is 9.91. The Morgan fingerprint density at radius 3 is 2.24 bits per heavy atom. The highest BCUT2D eigenvalue weighted by Crippen LogP contribution is 2.46. The Morgan fingerprint density at radius 2 is 1.44 bits per heavy atom. The van der Waals surface area contributed by atoms with Crippen LogP contribution in [0.3, 0.4) is 0 Å². The molecule has 164 valence electrons. The Bertz CT molecular complexity index is 1940. The molecule has 0 bridgehead atoms. The van der Waals surface area contributed by atoms with Crippen LogP contribution in [0.15, 0.2) is 72.9 Å². The molecule has 7 rings (SSSR count). The summed E-state index contributed by atoms with van der Waals surface area (Å²) < 4.78 is 4.89. The summed E-state index contributed by atoms with van der Waals surface area (Å²) in [6.45, 7) is 9.04. The Labute approximate surface area is 199 Å². The lowest BCUT2D eigenvalue weighted by Gasteiger charge is -2.17. The van der Waals surface area contributed by atoms with E-state index < -0.39 is 0 Å². The third-order valence-electron chi connectivity index (χ3n) is 7.92. The van der Waals surface area contributed by atoms with Crippen LogP contribution >= 0.6 is 0 Å². The average Bonchev–Trinajstić information content (AvgIpc) is 3.19. The van der Waals surface area contributed by atoms with Crippen LogP contribution in [0.2, 0.25) is 0 Å². The number of hydrogen-bond acceptors (Lipinski definition) is 0. The lowest BCUT2D eigenvalue weighted by Crippen LogP contribution is -2.29. The minimum absolute atomic E-state index is 1.27. The maximum atomic E-state index is 2.57. The Hall–Kier alpha value is -3.91. The van der Waals surface area contributed by atoms with E-state index in [0.717, 1.165) is 0 Å². The van der Waals surface area contributed by atoms with E-state index in [1.807, 2.05) is 0 Å². The monoisotopic (exact) mass is 439 g/mol. The topological polar surface area (TPSA) is 8.29 Å². The van der Waals surface area contributed by atoms with Gasteiger partial charge in [0.2, 0.25) is 5.52 Å². The summed E-state index contributed by atoms with van der Waals surface area (Å²) in [5.74, 6) is 0. The molecule has 0 aliphatic rings. The molecule has 3 aromatic heterocycles. The SMILES string of the molecule is Cc1cc(C)c2c(c1C)c1c3c(cc[n+]1C)cc(-c1ccccc1)c1c4c(C)cccc4n2c13. The highest BCUT2D eigenvalue weighted by atomic mass is 15.0. The molecule has 4 aromatic carbocycles. The second-order valence-electron chi connectivity index (χ2n) is 9.92. The van der Waals surface area contributed by atoms with Gasteiger partial charge in [-0.05, 0) is 78.6 Å². The van der Waals surface area contributed by atoms with Gasteiger partial charge < -0.3 is 4.40 Å². The molecule has 0 aliphatic carbocycles. The van der Waals surface area contributed by atoms with Gasteiger partial charge in [0, 0.05) is 16.8 Å². The largest absolute Gasteiger partial charge is 0.307 e. The first-order chi connectivity index (χ1) is 16.5. The first-order valence-electron chi connectivity index (χ1n) is 12.0. The smallest absolute Gasteiger partial charge is 0.224 e. The van der Waals surface area contributed by atoms with Crippen molar-refractivity contribution in [3.8, 4) is 11.1 Å². The number of aryl methyl sites for hydroxylation is 5. The van der Waals surface area contributed by atoms with Crippen LogP contribution < -0.4 is 4.57 Å². The number of pyridine rings is 2. The summed E-state index contributed by atoms with van der Waals surface area (Å²) >= 11 is 0. The summed E-state index contributed by atoms with van der Waals surface area (Å²) in [4.78, 5) is 0. The minimum atomic E-state index is 1.27. The van der Waals surface area contributed by atoms with Gasteiger partial charge in [-0.15, -0.1) is 0 Å². The van der Waals surface area contributed by atoms with Gasteiger partial charge in [-0.2, -0.15) is 0 Å². The van der Waals surface area contributed by atoms with Gasteiger partial charge in [-0.25, -0.2) is 4.57 Å². The van der Waals surface area contributed by atoms with Crippen molar-refractivity contribution in [1.29, 1.82) is 0 Å². The Morgan fingerprint density at radius 1 is 0.647 bits per heavy atom. The van der Waals surface area contributed by atoms with E-state index in [9.17, 15) is 0 Å². The van der Waals surface area contributed by atoms with Crippen molar-refractivity contribution in [2.24, 2.45) is 7.05 Å². The third-order valence-corrected chi connectivity index (χ3v) is 7.92. The average molecular weight is 440 g/mol. The molecule has 2 heteroatoms. The van der Waals surface area contributed by atoms with E-state index in [1.54, 1.807) is 0 Å². The fourth-order valence-corrected chi connectivity index (χ4v) is 6.30. The van der Waals surface area contributed by atoms with Crippen LogP contribution in [0.5, 0.6) is 0 Å². The van der Waals surface area contributed by atoms with Gasteiger partial charge in [0.05, 0.1) is 27.3 Å². The zero-order chi connectivity index (χ0) is 23.3. The minimum Gasteiger partial charge on any atom is -0.307 e. The standard InChI is InChI=1S/C32H27N2/c1-18-10-9-13-25-26(18)29-24(22-11-7-6-8-12-22)17-23-14-15-33(5)31-27-21(4)19(2)16-20(3)30(27)34(25)32(29)28(23)31/h6-17H,1-5H3/q+1. The molecule has 34 heavy (non-hydrogen) atoms. The van der Waals surface area contributed by atoms with E-state index in [0.29, 0.717) is 0 Å². The molecule has 0 saturated heterocycles. The van der Waals surface area contributed by atoms with Crippen LogP contribution in [0.4, 0.5) is 0 Å². The van der Waals surface area contributed by atoms with E-state index in [2.05, 4.69) is 117 Å². The van der Waals surface area contributed by atoms with Crippen molar-refractivity contribution in [3.05, 3.63) is 95.2 Å². The molecule has 0 atom stereocenters. The second kappa shape index (κ2) is 6.57. The van der Waals surface area contributed by atoms with Crippen molar-refractivity contribution < 1.29 is 4.57 Å². The fourth-order valence-electron chi connectivity index (χ4n) is 6.30. The molecule has 0 unspecified atom stereocenters. The number of fused-ring (bicyclic) bond motifs is 6. The molecule has 0 N–H and O–H groups in total. The third kappa shape index (κ3) is 2.28. The number of benzene rings is 4. The molecule has 3 heterocycles. The van der Waals surface area contributed by atoms with Gasteiger partial charge in [0.25, 0.3) is 0 Å². The highest BCUT2D eigenvalue weighted by Gasteiger charge is 2.27. The summed E-state index contributed by atoms with van der Waals surface area (Å²) in [5.41, 5.74) is 13.2. The molecular weight excluding hydrogens is 412 g/mol. The first kappa shape index (κ1) is 19.5. The van der Waals surface area contributed by atoms with Crippen molar-refractivity contribution in [2.75, 3.05) is 0 Å². The molecule has 0 saturated carbocycles. The van der Waals surface area contributed by atoms with E-state index in [4.69, 9.17) is 0 Å². The highest BCUT2D eigenvalue weighted by molar-refractivity contribution is 6.31. The molecule has 0 radical (unpaired) electrons. The number of rotatable bonds is 1. The Balaban J connectivity index is 1.95. The molecule has 0 amide bonds. The predicted octanol–water partition coefficient (Wildman–Crippen LogP) is 7.72. The van der Waals surface area contributed by atoms with Gasteiger partial charge in [-0.1, -0.05) is 48.5 Å². The predicted molar refractivity (Wildman–Crippen MR) is 144 cm³/mol. The lowest BCUT2D eigenvalue weighted by molar-refractivity contribution is -0.643. The quantitative estimate of drug-likeness (QED) is 0.141. The normalized spacial score (nSPS) is 12.3. The molecule has 0 spiro atoms. The molecular formula is C32H27N2+. The van der Waals surface area contributed by atoms with Crippen LogP contribution in [-0.2, 0) is 7.05 Å². The van der Waals surface area contributed by atoms with Crippen molar-refractivity contribution in [3.63, 3.8) is 0 Å². The van der Waals surface area contributed by atoms with E-state index in [-0.39, 0.29) is 0 Å². The van der Waals surface area contributed by atoms with Crippen molar-refractivity contribution in [1.82, 2.24) is 4.40 Å². The van der Waals surface area contributed by atoms with Gasteiger partial charge >= 0.3 is 0 Å². The zero-order valence-electron chi connectivity index (χ0n) is 20.3. The van der Waals surface area contributed by atoms with Crippen LogP contribution in [-0.4, -0.2) is 4.40 Å². The molecule has 7 aromatic rings. The van der Waals surface area contributed by atoms with Crippen molar-refractivity contribution >= 4 is 49.0 Å². The summed E-state index contributed by atoms with van der Waals surface area (Å²) in [6.07, 6.45) is 2.22. The zero-order valence-corrected chi connectivity index (χ0v) is 20.3. The van der Waals surface area contributed by atoms with Gasteiger partial charge in [0.15, 0.2) is 6.20 Å². The second-order valence-corrected chi connectivity index (χ2v) is 9.92. The summed E-state index contributed by atoms with van der Waals surface area (Å²) in [5, 5.41) is 6.75. The number of hydrogen-bond donors (Lipinski definition) is 0. The van der Waals surface area contributed by atoms with Gasteiger partial charge in [0.1, 0.15) is 7.05 Å². The first-order valence-corrected chi connectivity index (χ1v) is 12.0. The maximum Gasteiger partial charge on any atom is 0.224 e. The molecule has 2 nitrogen and oxygen atoms in total. The summed E-state index contributed by atoms with van der Waals surface area (Å²) in [7, 11) is 2.19. The number of aromatic nitrogens is 2. The molecule has 0 aliphatic heterocycles. The van der Waals surface area contributed by atoms with Crippen LogP contribution in [0.1, 0.15) is 22.3 Å². The number of nitrogens with zero attached hydrogens (tertiary/aromatic N) is 2. The van der Waals surface area contributed by atoms with E-state index >= 15 is 0 Å². The van der Waals surface area contributed by atoms with Crippen LogP contribution in [0, 0.1) is 27.7 Å². The van der Waals surface area contributed by atoms with E-state index in [1.165, 1.54) is 82.4 Å². The van der Waals surface area contributed by atoms with Crippen molar-refractivity contribution in [2.45, 2.75) is 27.7 Å². The van der Waals surface area contributed by atoms with Crippen LogP contribution in [0.25, 0.3) is 60.1 Å². The maximum absolute atomic E-state index is 2.57.